The Morgan fingerprint density at radius 3 is 2.39 bits per heavy atom. The van der Waals surface area contributed by atoms with Crippen LogP contribution in [0.1, 0.15) is 5.56 Å². The van der Waals surface area contributed by atoms with Crippen molar-refractivity contribution < 1.29 is 4.79 Å². The number of carbonyl (C=O) groups excluding carboxylic acids is 1. The van der Waals surface area contributed by atoms with Crippen LogP contribution in [0, 0.1) is 0 Å². The third kappa shape index (κ3) is 1.71. The molecule has 90 valence electrons. The molecule has 1 N–H and O–H groups in total. The number of halogens is 1. The van der Waals surface area contributed by atoms with E-state index < -0.39 is 10.1 Å². The van der Waals surface area contributed by atoms with E-state index in [-0.39, 0.29) is 0 Å². The second kappa shape index (κ2) is 4.34. The summed E-state index contributed by atoms with van der Waals surface area (Å²) in [5, 5.41) is 2.84. The van der Waals surface area contributed by atoms with Gasteiger partial charge in [0.05, 0.1) is 0 Å². The number of fused-ring (bicyclic) bond motifs is 1. The summed E-state index contributed by atoms with van der Waals surface area (Å²) in [6.45, 7) is 0. The molecule has 1 heterocycles. The summed E-state index contributed by atoms with van der Waals surface area (Å²) in [4.78, 5) is 12.0. The van der Waals surface area contributed by atoms with Crippen LogP contribution in [0.2, 0.25) is 0 Å². The van der Waals surface area contributed by atoms with Crippen LogP contribution in [0.25, 0.3) is 0 Å². The Balaban J connectivity index is 2.11. The Hall–Kier alpha value is -1.45. The summed E-state index contributed by atoms with van der Waals surface area (Å²) >= 11 is 7.30. The third-order valence-corrected chi connectivity index (χ3v) is 4.72. The highest BCUT2D eigenvalue weighted by Gasteiger charge is 2.45. The first-order valence-electron chi connectivity index (χ1n) is 5.54. The molecule has 0 fully saturated rings. The van der Waals surface area contributed by atoms with Crippen LogP contribution in [-0.2, 0) is 9.67 Å². The van der Waals surface area contributed by atoms with E-state index in [0.717, 1.165) is 16.1 Å². The number of hydrogen-bond acceptors (Lipinski definition) is 3. The van der Waals surface area contributed by atoms with Crippen molar-refractivity contribution in [2.45, 2.75) is 9.77 Å². The van der Waals surface area contributed by atoms with Crippen molar-refractivity contribution >= 4 is 34.3 Å². The molecule has 0 aliphatic carbocycles. The number of thioether (sulfide) groups is 1. The molecule has 0 aromatic heterocycles. The van der Waals surface area contributed by atoms with Crippen molar-refractivity contribution in [1.29, 1.82) is 0 Å². The van der Waals surface area contributed by atoms with Crippen LogP contribution in [-0.4, -0.2) is 5.24 Å². The van der Waals surface area contributed by atoms with Crippen LogP contribution in [0.4, 0.5) is 5.69 Å². The first-order valence-corrected chi connectivity index (χ1v) is 6.73. The molecule has 3 rings (SSSR count). The van der Waals surface area contributed by atoms with Gasteiger partial charge >= 0.3 is 0 Å². The minimum Gasteiger partial charge on any atom is -0.359 e. The Morgan fingerprint density at radius 2 is 1.72 bits per heavy atom. The Labute approximate surface area is 114 Å². The van der Waals surface area contributed by atoms with Gasteiger partial charge in [0.1, 0.15) is 0 Å². The summed E-state index contributed by atoms with van der Waals surface area (Å²) in [5.41, 5.74) is 1.81. The van der Waals surface area contributed by atoms with Crippen LogP contribution in [0.3, 0.4) is 0 Å². The number of para-hydroxylation sites is 1. The highest BCUT2D eigenvalue weighted by atomic mass is 35.5. The van der Waals surface area contributed by atoms with E-state index in [1.54, 1.807) is 0 Å². The van der Waals surface area contributed by atoms with E-state index >= 15 is 0 Å². The lowest BCUT2D eigenvalue weighted by atomic mass is 10.1. The van der Waals surface area contributed by atoms with Crippen molar-refractivity contribution in [2.24, 2.45) is 0 Å². The standard InChI is InChI=1S/C14H10ClNOS/c15-13(17)14(10-6-2-1-3-7-10)16-11-8-4-5-9-12(11)18-14/h1-9,16H. The van der Waals surface area contributed by atoms with Gasteiger partial charge in [-0.15, -0.1) is 0 Å². The molecular formula is C14H10ClNOS. The molecule has 2 aromatic carbocycles. The van der Waals surface area contributed by atoms with Crippen molar-refractivity contribution in [3.8, 4) is 0 Å². The number of hydrogen-bond donors (Lipinski definition) is 1. The Kier molecular flexibility index (Phi) is 2.80. The molecular weight excluding hydrogens is 266 g/mol. The van der Waals surface area contributed by atoms with Gasteiger partial charge in [-0.2, -0.15) is 0 Å². The first kappa shape index (κ1) is 11.6. The summed E-state index contributed by atoms with van der Waals surface area (Å²) in [6.07, 6.45) is 0. The molecule has 1 atom stereocenters. The molecule has 4 heteroatoms. The predicted molar refractivity (Wildman–Crippen MR) is 74.9 cm³/mol. The van der Waals surface area contributed by atoms with Gasteiger partial charge in [0.15, 0.2) is 4.87 Å². The smallest absolute Gasteiger partial charge is 0.262 e. The molecule has 0 radical (unpaired) electrons. The maximum atomic E-state index is 11.9. The highest BCUT2D eigenvalue weighted by Crippen LogP contribution is 2.51. The van der Waals surface area contributed by atoms with Gasteiger partial charge in [-0.3, -0.25) is 4.79 Å². The summed E-state index contributed by atoms with van der Waals surface area (Å²) < 4.78 is 0. The summed E-state index contributed by atoms with van der Waals surface area (Å²) in [5.74, 6) is 0. The molecule has 0 bridgehead atoms. The first-order chi connectivity index (χ1) is 8.72. The number of rotatable bonds is 2. The summed E-state index contributed by atoms with van der Waals surface area (Å²) in [6, 6.07) is 17.4. The van der Waals surface area contributed by atoms with Gasteiger partial charge in [0, 0.05) is 10.6 Å². The fourth-order valence-corrected chi connectivity index (χ4v) is 3.52. The SMILES string of the molecule is O=C(Cl)C1(c2ccccc2)Nc2ccccc2S1. The number of nitrogens with one attached hydrogen (secondary N) is 1. The summed E-state index contributed by atoms with van der Waals surface area (Å²) in [7, 11) is 0. The zero-order chi connectivity index (χ0) is 12.6. The lowest BCUT2D eigenvalue weighted by molar-refractivity contribution is -0.113. The van der Waals surface area contributed by atoms with Crippen molar-refractivity contribution in [1.82, 2.24) is 0 Å². The average molecular weight is 276 g/mol. The molecule has 0 spiro atoms. The zero-order valence-corrected chi connectivity index (χ0v) is 11.0. The van der Waals surface area contributed by atoms with E-state index in [4.69, 9.17) is 11.6 Å². The van der Waals surface area contributed by atoms with Gasteiger partial charge in [-0.05, 0) is 29.3 Å². The molecule has 1 aliphatic heterocycles. The van der Waals surface area contributed by atoms with Crippen LogP contribution in [0.15, 0.2) is 59.5 Å². The molecule has 18 heavy (non-hydrogen) atoms. The lowest BCUT2D eigenvalue weighted by Crippen LogP contribution is -2.34. The highest BCUT2D eigenvalue weighted by molar-refractivity contribution is 8.01. The maximum absolute atomic E-state index is 11.9. The Morgan fingerprint density at radius 1 is 1.06 bits per heavy atom. The monoisotopic (exact) mass is 275 g/mol. The fraction of sp³-hybridized carbons (Fsp3) is 0.0714. The largest absolute Gasteiger partial charge is 0.359 e. The molecule has 0 saturated heterocycles. The zero-order valence-electron chi connectivity index (χ0n) is 9.39. The quantitative estimate of drug-likeness (QED) is 0.845. The van der Waals surface area contributed by atoms with E-state index in [0.29, 0.717) is 0 Å². The van der Waals surface area contributed by atoms with Crippen molar-refractivity contribution in [2.75, 3.05) is 5.32 Å². The molecule has 1 aliphatic rings. The van der Waals surface area contributed by atoms with Gasteiger partial charge in [0.2, 0.25) is 0 Å². The topological polar surface area (TPSA) is 29.1 Å². The number of carbonyl (C=O) groups is 1. The van der Waals surface area contributed by atoms with E-state index in [9.17, 15) is 4.79 Å². The molecule has 1 unspecified atom stereocenters. The van der Waals surface area contributed by atoms with Gasteiger partial charge in [0.25, 0.3) is 5.24 Å². The molecule has 2 aromatic rings. The minimum atomic E-state index is -0.910. The third-order valence-electron chi connectivity index (χ3n) is 2.92. The van der Waals surface area contributed by atoms with E-state index in [1.165, 1.54) is 11.8 Å². The average Bonchev–Trinajstić information content (AvgIpc) is 2.80. The maximum Gasteiger partial charge on any atom is 0.262 e. The molecule has 0 amide bonds. The Bertz CT molecular complexity index is 575. The fourth-order valence-electron chi connectivity index (χ4n) is 2.05. The van der Waals surface area contributed by atoms with Crippen LogP contribution >= 0.6 is 23.4 Å². The second-order valence-corrected chi connectivity index (χ2v) is 5.64. The van der Waals surface area contributed by atoms with Gasteiger partial charge in [-0.25, -0.2) is 0 Å². The second-order valence-electron chi connectivity index (χ2n) is 4.04. The van der Waals surface area contributed by atoms with E-state index in [2.05, 4.69) is 5.32 Å². The number of anilines is 1. The molecule has 0 saturated carbocycles. The van der Waals surface area contributed by atoms with Gasteiger partial charge < -0.3 is 5.32 Å². The van der Waals surface area contributed by atoms with Crippen molar-refractivity contribution in [3.63, 3.8) is 0 Å². The van der Waals surface area contributed by atoms with Crippen molar-refractivity contribution in [3.05, 3.63) is 60.2 Å². The van der Waals surface area contributed by atoms with E-state index in [1.807, 2.05) is 54.6 Å². The number of benzene rings is 2. The molecule has 2 nitrogen and oxygen atoms in total. The minimum absolute atomic E-state index is 0.407. The normalized spacial score (nSPS) is 21.2. The van der Waals surface area contributed by atoms with Crippen LogP contribution < -0.4 is 5.32 Å². The van der Waals surface area contributed by atoms with Crippen LogP contribution in [0.5, 0.6) is 0 Å². The predicted octanol–water partition coefficient (Wildman–Crippen LogP) is 3.82. The lowest BCUT2D eigenvalue weighted by Gasteiger charge is -2.25. The van der Waals surface area contributed by atoms with Gasteiger partial charge in [-0.1, -0.05) is 54.2 Å².